The number of carbonyl (C=O) groups excluding carboxylic acids is 1. The molecule has 4 rings (SSSR count). The molecular formula is C28H30N2O2S. The highest BCUT2D eigenvalue weighted by Crippen LogP contribution is 2.37. The van der Waals surface area contributed by atoms with Crippen LogP contribution in [0.1, 0.15) is 38.8 Å². The maximum atomic E-state index is 13.3. The summed E-state index contributed by atoms with van der Waals surface area (Å²) in [7, 11) is 0. The molecule has 1 amide bonds. The number of fused-ring (bicyclic) bond motifs is 1. The smallest absolute Gasteiger partial charge is 0.266 e. The van der Waals surface area contributed by atoms with E-state index in [1.165, 1.54) is 17.3 Å². The van der Waals surface area contributed by atoms with Crippen LogP contribution in [0.5, 0.6) is 5.75 Å². The van der Waals surface area contributed by atoms with E-state index in [0.717, 1.165) is 27.8 Å². The third-order valence-corrected chi connectivity index (χ3v) is 6.37. The number of benzene rings is 3. The van der Waals surface area contributed by atoms with Crippen LogP contribution in [0.2, 0.25) is 0 Å². The highest BCUT2D eigenvalue weighted by molar-refractivity contribution is 8.18. The van der Waals surface area contributed by atoms with Gasteiger partial charge in [0.2, 0.25) is 0 Å². The van der Waals surface area contributed by atoms with Crippen molar-refractivity contribution >= 4 is 45.4 Å². The van der Waals surface area contributed by atoms with Crippen molar-refractivity contribution in [1.82, 2.24) is 4.90 Å². The summed E-state index contributed by atoms with van der Waals surface area (Å²) in [5, 5.41) is 2.84. The molecule has 0 saturated carbocycles. The molecule has 0 atom stereocenters. The minimum atomic E-state index is -0.00919. The fourth-order valence-electron chi connectivity index (χ4n) is 3.69. The Morgan fingerprint density at radius 3 is 2.33 bits per heavy atom. The van der Waals surface area contributed by atoms with Crippen molar-refractivity contribution in [3.63, 3.8) is 0 Å². The van der Waals surface area contributed by atoms with Gasteiger partial charge >= 0.3 is 0 Å². The van der Waals surface area contributed by atoms with Crippen molar-refractivity contribution in [1.29, 1.82) is 0 Å². The zero-order chi connectivity index (χ0) is 23.5. The van der Waals surface area contributed by atoms with Gasteiger partial charge in [0.1, 0.15) is 5.75 Å². The summed E-state index contributed by atoms with van der Waals surface area (Å²) < 4.78 is 6.05. The average molecular weight is 459 g/mol. The second kappa shape index (κ2) is 9.84. The van der Waals surface area contributed by atoms with Crippen molar-refractivity contribution in [2.24, 2.45) is 10.9 Å². The number of ether oxygens (including phenoxy) is 1. The zero-order valence-corrected chi connectivity index (χ0v) is 20.6. The zero-order valence-electron chi connectivity index (χ0n) is 19.8. The number of amidine groups is 1. The van der Waals surface area contributed by atoms with E-state index in [2.05, 4.69) is 32.9 Å². The second-order valence-corrected chi connectivity index (χ2v) is 10.0. The maximum Gasteiger partial charge on any atom is 0.266 e. The first kappa shape index (κ1) is 23.1. The number of nitrogens with zero attached hydrogens (tertiary/aromatic N) is 2. The summed E-state index contributed by atoms with van der Waals surface area (Å²) >= 11 is 1.43. The highest BCUT2D eigenvalue weighted by Gasteiger charge is 2.35. The van der Waals surface area contributed by atoms with E-state index < -0.39 is 0 Å². The van der Waals surface area contributed by atoms with Gasteiger partial charge in [-0.15, -0.1) is 0 Å². The fourth-order valence-corrected chi connectivity index (χ4v) is 4.81. The molecule has 0 radical (unpaired) electrons. The SMILES string of the molecule is Cc1ccc(N=C2S/C(=C/c3ccc(OCC(C)C)c4ccccc34)C(=O)N2C(C)C)cc1. The summed E-state index contributed by atoms with van der Waals surface area (Å²) in [5.74, 6) is 1.31. The van der Waals surface area contributed by atoms with Crippen LogP contribution in [0.15, 0.2) is 70.6 Å². The average Bonchev–Trinajstić information content (AvgIpc) is 3.09. The van der Waals surface area contributed by atoms with Crippen LogP contribution in [0.4, 0.5) is 5.69 Å². The Labute approximate surface area is 200 Å². The van der Waals surface area contributed by atoms with Gasteiger partial charge in [-0.05, 0) is 73.7 Å². The van der Waals surface area contributed by atoms with Crippen LogP contribution >= 0.6 is 11.8 Å². The summed E-state index contributed by atoms with van der Waals surface area (Å²) in [6.45, 7) is 11.0. The monoisotopic (exact) mass is 458 g/mol. The van der Waals surface area contributed by atoms with E-state index in [4.69, 9.17) is 9.73 Å². The standard InChI is InChI=1S/C28H30N2O2S/c1-18(2)17-32-25-15-12-21(23-8-6-7-9-24(23)25)16-26-27(31)30(19(3)4)28(33-26)29-22-13-10-20(5)11-14-22/h6-16,18-19H,17H2,1-5H3/b26-16+,29-28?. The Hall–Kier alpha value is -3.05. The normalized spacial score (nSPS) is 16.7. The minimum absolute atomic E-state index is 0.00919. The summed E-state index contributed by atoms with van der Waals surface area (Å²) in [6.07, 6.45) is 1.98. The Kier molecular flexibility index (Phi) is 6.89. The van der Waals surface area contributed by atoms with Crippen LogP contribution in [-0.4, -0.2) is 28.6 Å². The number of rotatable bonds is 6. The molecule has 1 saturated heterocycles. The van der Waals surface area contributed by atoms with Gasteiger partial charge in [0.15, 0.2) is 5.17 Å². The van der Waals surface area contributed by atoms with Crippen molar-refractivity contribution in [3.05, 3.63) is 76.7 Å². The van der Waals surface area contributed by atoms with Gasteiger partial charge in [0.25, 0.3) is 5.91 Å². The van der Waals surface area contributed by atoms with Crippen LogP contribution in [0, 0.1) is 12.8 Å². The van der Waals surface area contributed by atoms with E-state index in [9.17, 15) is 4.79 Å². The lowest BCUT2D eigenvalue weighted by atomic mass is 10.0. The molecule has 0 unspecified atom stereocenters. The molecule has 1 aliphatic heterocycles. The molecule has 170 valence electrons. The number of thioether (sulfide) groups is 1. The third-order valence-electron chi connectivity index (χ3n) is 5.39. The van der Waals surface area contributed by atoms with Gasteiger partial charge in [-0.2, -0.15) is 0 Å². The number of hydrogen-bond donors (Lipinski definition) is 0. The van der Waals surface area contributed by atoms with Crippen molar-refractivity contribution in [2.45, 2.75) is 40.7 Å². The van der Waals surface area contributed by atoms with Gasteiger partial charge < -0.3 is 4.74 Å². The summed E-state index contributed by atoms with van der Waals surface area (Å²) in [6, 6.07) is 20.3. The molecule has 3 aromatic carbocycles. The number of amides is 1. The topological polar surface area (TPSA) is 41.9 Å². The van der Waals surface area contributed by atoms with E-state index in [-0.39, 0.29) is 11.9 Å². The molecule has 0 aliphatic carbocycles. The molecule has 33 heavy (non-hydrogen) atoms. The molecular weight excluding hydrogens is 428 g/mol. The Balaban J connectivity index is 1.72. The van der Waals surface area contributed by atoms with E-state index in [1.807, 2.05) is 68.5 Å². The lowest BCUT2D eigenvalue weighted by Crippen LogP contribution is -2.35. The van der Waals surface area contributed by atoms with Crippen LogP contribution < -0.4 is 4.74 Å². The van der Waals surface area contributed by atoms with Gasteiger partial charge in [0, 0.05) is 11.4 Å². The third kappa shape index (κ3) is 5.14. The predicted octanol–water partition coefficient (Wildman–Crippen LogP) is 7.20. The molecule has 3 aromatic rings. The molecule has 1 aliphatic rings. The Morgan fingerprint density at radius 1 is 0.970 bits per heavy atom. The number of aryl methyl sites for hydroxylation is 1. The molecule has 1 heterocycles. The van der Waals surface area contributed by atoms with Crippen LogP contribution in [0.25, 0.3) is 16.8 Å². The first-order chi connectivity index (χ1) is 15.8. The number of hydrogen-bond acceptors (Lipinski definition) is 4. The Morgan fingerprint density at radius 2 is 1.67 bits per heavy atom. The predicted molar refractivity (Wildman–Crippen MR) is 140 cm³/mol. The van der Waals surface area contributed by atoms with E-state index >= 15 is 0 Å². The van der Waals surface area contributed by atoms with Gasteiger partial charge in [-0.25, -0.2) is 4.99 Å². The highest BCUT2D eigenvalue weighted by atomic mass is 32.2. The lowest BCUT2D eigenvalue weighted by Gasteiger charge is -2.19. The largest absolute Gasteiger partial charge is 0.493 e. The second-order valence-electron chi connectivity index (χ2n) is 9.01. The van der Waals surface area contributed by atoms with Crippen molar-refractivity contribution in [2.75, 3.05) is 6.61 Å². The molecule has 0 bridgehead atoms. The van der Waals surface area contributed by atoms with Gasteiger partial charge in [0.05, 0.1) is 17.2 Å². The first-order valence-corrected chi connectivity index (χ1v) is 12.2. The Bertz CT molecular complexity index is 1230. The molecule has 5 heteroatoms. The number of aliphatic imine (C=N–C) groups is 1. The first-order valence-electron chi connectivity index (χ1n) is 11.4. The van der Waals surface area contributed by atoms with Crippen molar-refractivity contribution < 1.29 is 9.53 Å². The van der Waals surface area contributed by atoms with Crippen LogP contribution in [-0.2, 0) is 4.79 Å². The van der Waals surface area contributed by atoms with Crippen molar-refractivity contribution in [3.8, 4) is 5.75 Å². The molecule has 0 aromatic heterocycles. The van der Waals surface area contributed by atoms with E-state index in [1.54, 1.807) is 4.90 Å². The lowest BCUT2D eigenvalue weighted by molar-refractivity contribution is -0.123. The quantitative estimate of drug-likeness (QED) is 0.367. The summed E-state index contributed by atoms with van der Waals surface area (Å²) in [4.78, 5) is 20.6. The van der Waals surface area contributed by atoms with Gasteiger partial charge in [-0.1, -0.05) is 61.9 Å². The number of carbonyl (C=O) groups is 1. The van der Waals surface area contributed by atoms with Crippen LogP contribution in [0.3, 0.4) is 0 Å². The fraction of sp³-hybridized carbons (Fsp3) is 0.286. The molecule has 0 spiro atoms. The van der Waals surface area contributed by atoms with E-state index in [0.29, 0.717) is 22.6 Å². The van der Waals surface area contributed by atoms with Gasteiger partial charge in [-0.3, -0.25) is 9.69 Å². The molecule has 4 nitrogen and oxygen atoms in total. The molecule has 1 fully saturated rings. The summed E-state index contributed by atoms with van der Waals surface area (Å²) in [5.41, 5.74) is 3.03. The molecule has 0 N–H and O–H groups in total. The minimum Gasteiger partial charge on any atom is -0.493 e. The maximum absolute atomic E-state index is 13.3.